The fourth-order valence-corrected chi connectivity index (χ4v) is 3.40. The average molecular weight is 259 g/mol. The zero-order valence-electron chi connectivity index (χ0n) is 10.3. The molecule has 0 amide bonds. The van der Waals surface area contributed by atoms with Crippen LogP contribution in [0.25, 0.3) is 0 Å². The van der Waals surface area contributed by atoms with E-state index in [1.165, 1.54) is 4.31 Å². The highest BCUT2D eigenvalue weighted by Gasteiger charge is 2.34. The molecule has 17 heavy (non-hydrogen) atoms. The number of aromatic nitrogens is 2. The van der Waals surface area contributed by atoms with Crippen LogP contribution in [0.2, 0.25) is 0 Å². The summed E-state index contributed by atoms with van der Waals surface area (Å²) >= 11 is 0. The molecule has 2 heterocycles. The van der Waals surface area contributed by atoms with Crippen molar-refractivity contribution < 1.29 is 13.2 Å². The van der Waals surface area contributed by atoms with E-state index in [0.717, 1.165) is 6.42 Å². The van der Waals surface area contributed by atoms with Crippen molar-refractivity contribution in [3.8, 4) is 0 Å². The molecule has 1 aliphatic rings. The highest BCUT2D eigenvalue weighted by molar-refractivity contribution is 7.89. The molecule has 1 fully saturated rings. The molecule has 1 saturated heterocycles. The third-order valence-electron chi connectivity index (χ3n) is 3.13. The maximum atomic E-state index is 12.3. The molecular weight excluding hydrogens is 242 g/mol. The van der Waals surface area contributed by atoms with Crippen LogP contribution < -0.4 is 0 Å². The number of nitrogens with zero attached hydrogens (tertiary/aromatic N) is 3. The van der Waals surface area contributed by atoms with Gasteiger partial charge in [-0.1, -0.05) is 0 Å². The molecule has 0 spiro atoms. The highest BCUT2D eigenvalue weighted by atomic mass is 32.2. The van der Waals surface area contributed by atoms with Gasteiger partial charge in [0.05, 0.1) is 6.10 Å². The molecule has 0 unspecified atom stereocenters. The van der Waals surface area contributed by atoms with Crippen molar-refractivity contribution in [1.82, 2.24) is 13.9 Å². The largest absolute Gasteiger partial charge is 0.380 e. The normalized spacial score (nSPS) is 22.2. The molecular formula is C10H17N3O3S. The Balaban J connectivity index is 2.25. The van der Waals surface area contributed by atoms with Crippen LogP contribution in [-0.2, 0) is 21.8 Å². The van der Waals surface area contributed by atoms with Gasteiger partial charge in [0.15, 0.2) is 5.03 Å². The molecule has 0 aliphatic carbocycles. The Morgan fingerprint density at radius 2 is 2.24 bits per heavy atom. The van der Waals surface area contributed by atoms with Crippen LogP contribution in [0.15, 0.2) is 11.2 Å². The van der Waals surface area contributed by atoms with Gasteiger partial charge in [0.2, 0.25) is 0 Å². The van der Waals surface area contributed by atoms with Gasteiger partial charge in [-0.3, -0.25) is 0 Å². The van der Waals surface area contributed by atoms with E-state index in [-0.39, 0.29) is 11.1 Å². The van der Waals surface area contributed by atoms with E-state index < -0.39 is 10.0 Å². The summed E-state index contributed by atoms with van der Waals surface area (Å²) in [7, 11) is -0.0781. The first kappa shape index (κ1) is 12.5. The van der Waals surface area contributed by atoms with Crippen molar-refractivity contribution in [3.05, 3.63) is 12.0 Å². The van der Waals surface area contributed by atoms with Crippen LogP contribution in [0.3, 0.4) is 0 Å². The number of hydrogen-bond acceptors (Lipinski definition) is 4. The maximum Gasteiger partial charge on any atom is 0.262 e. The van der Waals surface area contributed by atoms with Crippen LogP contribution in [0.1, 0.15) is 12.2 Å². The number of ether oxygens (including phenoxy) is 1. The number of hydrogen-bond donors (Lipinski definition) is 0. The van der Waals surface area contributed by atoms with Crippen LogP contribution in [0, 0.1) is 6.92 Å². The zero-order chi connectivity index (χ0) is 12.6. The number of rotatable bonds is 3. The predicted octanol–water partition coefficient (Wildman–Crippen LogP) is 0.138. The van der Waals surface area contributed by atoms with E-state index in [2.05, 4.69) is 4.98 Å². The van der Waals surface area contributed by atoms with Crippen molar-refractivity contribution in [3.63, 3.8) is 0 Å². The first-order valence-electron chi connectivity index (χ1n) is 5.48. The minimum atomic E-state index is -3.46. The zero-order valence-corrected chi connectivity index (χ0v) is 11.1. The maximum absolute atomic E-state index is 12.3. The third kappa shape index (κ3) is 2.22. The minimum absolute atomic E-state index is 0.00501. The number of aryl methyl sites for hydroxylation is 2. The topological polar surface area (TPSA) is 64.4 Å². The summed E-state index contributed by atoms with van der Waals surface area (Å²) in [5.41, 5.74) is 0. The lowest BCUT2D eigenvalue weighted by Crippen LogP contribution is -2.30. The Morgan fingerprint density at radius 1 is 1.53 bits per heavy atom. The molecule has 1 atom stereocenters. The summed E-state index contributed by atoms with van der Waals surface area (Å²) in [6.45, 7) is 2.69. The van der Waals surface area contributed by atoms with Crippen molar-refractivity contribution in [1.29, 1.82) is 0 Å². The van der Waals surface area contributed by atoms with Crippen LogP contribution >= 0.6 is 0 Å². The van der Waals surface area contributed by atoms with Gasteiger partial charge in [-0.25, -0.2) is 13.4 Å². The lowest BCUT2D eigenvalue weighted by Gasteiger charge is -2.14. The Morgan fingerprint density at radius 3 is 2.71 bits per heavy atom. The van der Waals surface area contributed by atoms with E-state index in [1.54, 1.807) is 31.8 Å². The Hall–Kier alpha value is -0.920. The van der Waals surface area contributed by atoms with E-state index >= 15 is 0 Å². The Labute approximate surface area is 101 Å². The van der Waals surface area contributed by atoms with Gasteiger partial charge in [-0.15, -0.1) is 0 Å². The van der Waals surface area contributed by atoms with Gasteiger partial charge in [0.25, 0.3) is 10.0 Å². The van der Waals surface area contributed by atoms with E-state index in [4.69, 9.17) is 4.74 Å². The predicted molar refractivity (Wildman–Crippen MR) is 62.1 cm³/mol. The highest BCUT2D eigenvalue weighted by Crippen LogP contribution is 2.21. The Bertz CT molecular complexity index is 489. The molecule has 0 bridgehead atoms. The molecule has 1 aliphatic heterocycles. The van der Waals surface area contributed by atoms with E-state index in [9.17, 15) is 8.42 Å². The van der Waals surface area contributed by atoms with Gasteiger partial charge < -0.3 is 9.30 Å². The van der Waals surface area contributed by atoms with Gasteiger partial charge in [-0.05, 0) is 13.3 Å². The molecule has 0 saturated carbocycles. The second kappa shape index (κ2) is 4.40. The summed E-state index contributed by atoms with van der Waals surface area (Å²) in [4.78, 5) is 4.07. The number of methoxy groups -OCH3 is 1. The molecule has 1 aromatic rings. The average Bonchev–Trinajstić information content (AvgIpc) is 2.87. The van der Waals surface area contributed by atoms with Gasteiger partial charge in [0.1, 0.15) is 5.82 Å². The van der Waals surface area contributed by atoms with Gasteiger partial charge in [0, 0.05) is 33.4 Å². The second-order valence-electron chi connectivity index (χ2n) is 4.25. The molecule has 96 valence electrons. The fraction of sp³-hybridized carbons (Fsp3) is 0.700. The van der Waals surface area contributed by atoms with Gasteiger partial charge in [-0.2, -0.15) is 4.31 Å². The monoisotopic (exact) mass is 259 g/mol. The van der Waals surface area contributed by atoms with E-state index in [0.29, 0.717) is 18.9 Å². The molecule has 0 radical (unpaired) electrons. The molecule has 1 aromatic heterocycles. The van der Waals surface area contributed by atoms with Crippen molar-refractivity contribution in [2.45, 2.75) is 24.5 Å². The fourth-order valence-electron chi connectivity index (χ4n) is 1.89. The second-order valence-corrected chi connectivity index (χ2v) is 6.13. The number of sulfonamides is 1. The summed E-state index contributed by atoms with van der Waals surface area (Å²) in [6, 6.07) is 0. The molecule has 7 heteroatoms. The Kier molecular flexibility index (Phi) is 3.24. The van der Waals surface area contributed by atoms with Crippen LogP contribution in [0.4, 0.5) is 0 Å². The molecule has 0 N–H and O–H groups in total. The lowest BCUT2D eigenvalue weighted by molar-refractivity contribution is 0.115. The SMILES string of the molecule is CO[C@H]1CCN(S(=O)(=O)c2cn(C)c(C)n2)C1. The quantitative estimate of drug-likeness (QED) is 0.774. The van der Waals surface area contributed by atoms with E-state index in [1.807, 2.05) is 0 Å². The summed E-state index contributed by atoms with van der Waals surface area (Å²) in [5, 5.41) is 0.120. The first-order chi connectivity index (χ1) is 7.95. The van der Waals surface area contributed by atoms with Crippen molar-refractivity contribution >= 4 is 10.0 Å². The molecule has 6 nitrogen and oxygen atoms in total. The van der Waals surface area contributed by atoms with Crippen molar-refractivity contribution in [2.24, 2.45) is 7.05 Å². The van der Waals surface area contributed by atoms with Crippen molar-refractivity contribution in [2.75, 3.05) is 20.2 Å². The minimum Gasteiger partial charge on any atom is -0.380 e. The molecule has 2 rings (SSSR count). The third-order valence-corrected chi connectivity index (χ3v) is 4.87. The summed E-state index contributed by atoms with van der Waals surface area (Å²) in [6.07, 6.45) is 2.28. The van der Waals surface area contributed by atoms with Gasteiger partial charge >= 0.3 is 0 Å². The smallest absolute Gasteiger partial charge is 0.262 e. The van der Waals surface area contributed by atoms with Crippen LogP contribution in [0.5, 0.6) is 0 Å². The number of imidazole rings is 1. The standard InChI is InChI=1S/C10H17N3O3S/c1-8-11-10(7-12(8)2)17(14,15)13-5-4-9(6-13)16-3/h7,9H,4-6H2,1-3H3/t9-/m0/s1. The molecule has 0 aromatic carbocycles. The van der Waals surface area contributed by atoms with Crippen LogP contribution in [-0.4, -0.2) is 48.6 Å². The summed E-state index contributed by atoms with van der Waals surface area (Å²) in [5.74, 6) is 0.686. The lowest BCUT2D eigenvalue weighted by atomic mass is 10.3. The summed E-state index contributed by atoms with van der Waals surface area (Å²) < 4.78 is 32.8. The first-order valence-corrected chi connectivity index (χ1v) is 6.92.